The van der Waals surface area contributed by atoms with Crippen LogP contribution in [0.15, 0.2) is 9.98 Å². The van der Waals surface area contributed by atoms with Crippen LogP contribution in [0, 0.1) is 5.92 Å². The van der Waals surface area contributed by atoms with E-state index in [1.54, 1.807) is 7.05 Å². The summed E-state index contributed by atoms with van der Waals surface area (Å²) < 4.78 is 0. The fourth-order valence-electron chi connectivity index (χ4n) is 1.26. The van der Waals surface area contributed by atoms with Crippen molar-refractivity contribution in [2.45, 2.75) is 6.42 Å². The van der Waals surface area contributed by atoms with E-state index in [4.69, 9.17) is 0 Å². The number of hydrogen-bond acceptors (Lipinski definition) is 2. The first kappa shape index (κ1) is 7.41. The van der Waals surface area contributed by atoms with Gasteiger partial charge in [0.05, 0.1) is 0 Å². The van der Waals surface area contributed by atoms with Crippen LogP contribution in [0.2, 0.25) is 0 Å². The van der Waals surface area contributed by atoms with Crippen molar-refractivity contribution < 1.29 is 0 Å². The summed E-state index contributed by atoms with van der Waals surface area (Å²) in [6.07, 6.45) is 1.14. The molecule has 1 atom stereocenters. The third-order valence-corrected chi connectivity index (χ3v) is 1.82. The van der Waals surface area contributed by atoms with Gasteiger partial charge in [-0.1, -0.05) is 0 Å². The second-order valence-electron chi connectivity index (χ2n) is 2.43. The lowest BCUT2D eigenvalue weighted by molar-refractivity contribution is 0.763. The Kier molecular flexibility index (Phi) is 2.57. The highest BCUT2D eigenvalue weighted by atomic mass is 15.0. The quantitative estimate of drug-likeness (QED) is 0.412. The van der Waals surface area contributed by atoms with Gasteiger partial charge >= 0.3 is 0 Å². The Balaban J connectivity index is 2.53. The molecule has 1 rings (SSSR count). The summed E-state index contributed by atoms with van der Waals surface area (Å²) in [6, 6.07) is 0. The van der Waals surface area contributed by atoms with E-state index in [-0.39, 0.29) is 0 Å². The predicted molar refractivity (Wildman–Crippen MR) is 43.9 cm³/mol. The van der Waals surface area contributed by atoms with Crippen molar-refractivity contribution in [2.75, 3.05) is 20.1 Å². The normalized spacial score (nSPS) is 26.9. The van der Waals surface area contributed by atoms with Gasteiger partial charge < -0.3 is 5.32 Å². The molecule has 0 radical (unpaired) electrons. The van der Waals surface area contributed by atoms with E-state index in [0.29, 0.717) is 5.92 Å². The Bertz CT molecular complexity index is 145. The van der Waals surface area contributed by atoms with Crippen molar-refractivity contribution in [1.82, 2.24) is 5.32 Å². The molecule has 1 aliphatic heterocycles. The molecule has 1 N–H and O–H groups in total. The molecule has 0 amide bonds. The highest BCUT2D eigenvalue weighted by Gasteiger charge is 2.18. The molecule has 0 aromatic rings. The average molecular weight is 139 g/mol. The number of nitrogens with one attached hydrogen (secondary N) is 1. The minimum absolute atomic E-state index is 0.502. The lowest BCUT2D eigenvalue weighted by Gasteiger charge is -2.04. The summed E-state index contributed by atoms with van der Waals surface area (Å²) in [4.78, 5) is 7.88. The first-order valence-electron chi connectivity index (χ1n) is 3.52. The van der Waals surface area contributed by atoms with Crippen molar-refractivity contribution in [2.24, 2.45) is 15.9 Å². The lowest BCUT2D eigenvalue weighted by atomic mass is 10.1. The maximum atomic E-state index is 4.04. The second-order valence-corrected chi connectivity index (χ2v) is 2.43. The number of rotatable bonds is 1. The van der Waals surface area contributed by atoms with Crippen LogP contribution < -0.4 is 5.32 Å². The van der Waals surface area contributed by atoms with Gasteiger partial charge in [0, 0.05) is 19.5 Å². The summed E-state index contributed by atoms with van der Waals surface area (Å²) in [5, 5.41) is 3.25. The summed E-state index contributed by atoms with van der Waals surface area (Å²) >= 11 is 0. The van der Waals surface area contributed by atoms with Gasteiger partial charge in [0.1, 0.15) is 5.84 Å². The molecule has 1 saturated heterocycles. The minimum Gasteiger partial charge on any atom is -0.316 e. The van der Waals surface area contributed by atoms with Crippen LogP contribution >= 0.6 is 0 Å². The third kappa shape index (κ3) is 1.42. The average Bonchev–Trinajstić information content (AvgIpc) is 2.43. The molecule has 0 bridgehead atoms. The second kappa shape index (κ2) is 3.46. The molecular formula is C7H13N3. The van der Waals surface area contributed by atoms with Gasteiger partial charge in [-0.2, -0.15) is 0 Å². The van der Waals surface area contributed by atoms with Crippen LogP contribution in [-0.4, -0.2) is 32.7 Å². The number of aliphatic imine (C=N–C) groups is 2. The van der Waals surface area contributed by atoms with Gasteiger partial charge in [0.25, 0.3) is 0 Å². The molecule has 0 aromatic carbocycles. The van der Waals surface area contributed by atoms with Crippen molar-refractivity contribution in [3.05, 3.63) is 0 Å². The van der Waals surface area contributed by atoms with Gasteiger partial charge in [-0.3, -0.25) is 4.99 Å². The van der Waals surface area contributed by atoms with Crippen molar-refractivity contribution in [3.8, 4) is 0 Å². The van der Waals surface area contributed by atoms with Crippen molar-refractivity contribution in [3.63, 3.8) is 0 Å². The van der Waals surface area contributed by atoms with Gasteiger partial charge in [0.2, 0.25) is 0 Å². The van der Waals surface area contributed by atoms with Crippen molar-refractivity contribution in [1.29, 1.82) is 0 Å². The Morgan fingerprint density at radius 1 is 1.70 bits per heavy atom. The topological polar surface area (TPSA) is 36.8 Å². The van der Waals surface area contributed by atoms with Crippen LogP contribution in [0.1, 0.15) is 6.42 Å². The molecule has 1 heterocycles. The van der Waals surface area contributed by atoms with Crippen LogP contribution in [0.5, 0.6) is 0 Å². The van der Waals surface area contributed by atoms with E-state index < -0.39 is 0 Å². The summed E-state index contributed by atoms with van der Waals surface area (Å²) in [7, 11) is 1.77. The number of hydrogen-bond donors (Lipinski definition) is 1. The Hall–Kier alpha value is -0.700. The van der Waals surface area contributed by atoms with Gasteiger partial charge in [-0.25, -0.2) is 4.99 Å². The van der Waals surface area contributed by atoms with Crippen LogP contribution in [-0.2, 0) is 0 Å². The molecule has 0 aliphatic carbocycles. The highest BCUT2D eigenvalue weighted by molar-refractivity contribution is 5.88. The molecule has 1 fully saturated rings. The first-order valence-corrected chi connectivity index (χ1v) is 3.52. The van der Waals surface area contributed by atoms with Gasteiger partial charge in [-0.15, -0.1) is 0 Å². The van der Waals surface area contributed by atoms with Gasteiger partial charge in [0.15, 0.2) is 0 Å². The highest BCUT2D eigenvalue weighted by Crippen LogP contribution is 2.09. The summed E-state index contributed by atoms with van der Waals surface area (Å²) in [5.74, 6) is 1.40. The lowest BCUT2D eigenvalue weighted by Crippen LogP contribution is -2.15. The minimum atomic E-state index is 0.502. The maximum absolute atomic E-state index is 4.04. The van der Waals surface area contributed by atoms with E-state index in [1.165, 1.54) is 0 Å². The number of amidine groups is 1. The fraction of sp³-hybridized carbons (Fsp3) is 0.714. The molecule has 0 aromatic heterocycles. The summed E-state index contributed by atoms with van der Waals surface area (Å²) in [6.45, 7) is 5.56. The molecular weight excluding hydrogens is 126 g/mol. The predicted octanol–water partition coefficient (Wildman–Crippen LogP) is 0.325. The zero-order valence-electron chi connectivity index (χ0n) is 6.30. The van der Waals surface area contributed by atoms with E-state index in [0.717, 1.165) is 25.3 Å². The summed E-state index contributed by atoms with van der Waals surface area (Å²) in [5.41, 5.74) is 0. The Morgan fingerprint density at radius 3 is 2.90 bits per heavy atom. The molecule has 1 unspecified atom stereocenters. The van der Waals surface area contributed by atoms with E-state index in [1.807, 2.05) is 0 Å². The molecule has 0 saturated carbocycles. The Morgan fingerprint density at radius 2 is 2.50 bits per heavy atom. The molecule has 3 heteroatoms. The SMILES string of the molecule is C=NC(=NC)C1CCNC1. The molecule has 3 nitrogen and oxygen atoms in total. The third-order valence-electron chi connectivity index (χ3n) is 1.82. The van der Waals surface area contributed by atoms with Gasteiger partial charge in [-0.05, 0) is 19.7 Å². The Labute approximate surface area is 61.3 Å². The smallest absolute Gasteiger partial charge is 0.126 e. The first-order chi connectivity index (χ1) is 4.88. The zero-order valence-corrected chi connectivity index (χ0v) is 6.30. The maximum Gasteiger partial charge on any atom is 0.126 e. The van der Waals surface area contributed by atoms with E-state index >= 15 is 0 Å². The monoisotopic (exact) mass is 139 g/mol. The fourth-order valence-corrected chi connectivity index (χ4v) is 1.26. The molecule has 10 heavy (non-hydrogen) atoms. The zero-order chi connectivity index (χ0) is 7.40. The number of nitrogens with zero attached hydrogens (tertiary/aromatic N) is 2. The van der Waals surface area contributed by atoms with Crippen LogP contribution in [0.4, 0.5) is 0 Å². The van der Waals surface area contributed by atoms with Crippen LogP contribution in [0.25, 0.3) is 0 Å². The largest absolute Gasteiger partial charge is 0.316 e. The molecule has 0 spiro atoms. The van der Waals surface area contributed by atoms with E-state index in [9.17, 15) is 0 Å². The standard InChI is InChI=1S/C7H13N3/c1-8-7(9-2)6-3-4-10-5-6/h6,10H,1,3-5H2,2H3. The molecule has 56 valence electrons. The van der Waals surface area contributed by atoms with Crippen molar-refractivity contribution >= 4 is 12.6 Å². The van der Waals surface area contributed by atoms with Crippen LogP contribution in [0.3, 0.4) is 0 Å². The molecule has 1 aliphatic rings. The van der Waals surface area contributed by atoms with E-state index in [2.05, 4.69) is 22.0 Å².